The molecule has 0 unspecified atom stereocenters. The quantitative estimate of drug-likeness (QED) is 0.868. The van der Waals surface area contributed by atoms with Crippen molar-refractivity contribution in [2.24, 2.45) is 0 Å². The molecule has 0 amide bonds. The topological polar surface area (TPSA) is 53.5 Å². The van der Waals surface area contributed by atoms with Crippen LogP contribution < -0.4 is 0 Å². The van der Waals surface area contributed by atoms with Crippen molar-refractivity contribution in [2.75, 3.05) is 27.2 Å². The number of nitrogens with zero attached hydrogens (tertiary/aromatic N) is 3. The van der Waals surface area contributed by atoms with Crippen LogP contribution in [0.2, 0.25) is 0 Å². The van der Waals surface area contributed by atoms with Crippen LogP contribution in [-0.4, -0.2) is 55.8 Å². The van der Waals surface area contributed by atoms with E-state index in [9.17, 15) is 8.42 Å². The van der Waals surface area contributed by atoms with Crippen LogP contribution in [0.3, 0.4) is 0 Å². The fourth-order valence-corrected chi connectivity index (χ4v) is 4.66. The van der Waals surface area contributed by atoms with Crippen molar-refractivity contribution in [1.29, 1.82) is 0 Å². The molecule has 1 fully saturated rings. The molecule has 0 saturated carbocycles. The molecule has 22 heavy (non-hydrogen) atoms. The summed E-state index contributed by atoms with van der Waals surface area (Å²) in [6, 6.07) is 8.87. The molecular formula is C16H21N3O2S. The van der Waals surface area contributed by atoms with Gasteiger partial charge in [0.1, 0.15) is 0 Å². The van der Waals surface area contributed by atoms with E-state index >= 15 is 0 Å². The van der Waals surface area contributed by atoms with E-state index in [4.69, 9.17) is 0 Å². The maximum Gasteiger partial charge on any atom is 0.243 e. The highest BCUT2D eigenvalue weighted by Gasteiger charge is 2.31. The second-order valence-corrected chi connectivity index (χ2v) is 7.87. The SMILES string of the molecule is CN1CCC[C@@H](N(C)S(=O)(=O)c2cccc3ncccc23)C1. The fraction of sp³-hybridized carbons (Fsp3) is 0.438. The second-order valence-electron chi connectivity index (χ2n) is 5.91. The average molecular weight is 319 g/mol. The Bertz CT molecular complexity index is 771. The zero-order valence-corrected chi connectivity index (χ0v) is 13.8. The van der Waals surface area contributed by atoms with Gasteiger partial charge in [-0.25, -0.2) is 8.42 Å². The molecule has 0 aliphatic carbocycles. The van der Waals surface area contributed by atoms with Gasteiger partial charge in [0.15, 0.2) is 0 Å². The lowest BCUT2D eigenvalue weighted by molar-refractivity contribution is 0.187. The van der Waals surface area contributed by atoms with Crippen LogP contribution in [-0.2, 0) is 10.0 Å². The zero-order chi connectivity index (χ0) is 15.7. The number of sulfonamides is 1. The van der Waals surface area contributed by atoms with Crippen molar-refractivity contribution in [1.82, 2.24) is 14.2 Å². The minimum atomic E-state index is -3.52. The molecular weight excluding hydrogens is 298 g/mol. The lowest BCUT2D eigenvalue weighted by Crippen LogP contribution is -2.47. The van der Waals surface area contributed by atoms with Gasteiger partial charge in [0.05, 0.1) is 10.4 Å². The van der Waals surface area contributed by atoms with Gasteiger partial charge in [0, 0.05) is 31.2 Å². The Morgan fingerprint density at radius 2 is 2.09 bits per heavy atom. The van der Waals surface area contributed by atoms with Gasteiger partial charge >= 0.3 is 0 Å². The summed E-state index contributed by atoms with van der Waals surface area (Å²) >= 11 is 0. The van der Waals surface area contributed by atoms with E-state index in [0.29, 0.717) is 15.8 Å². The van der Waals surface area contributed by atoms with Gasteiger partial charge in [0.2, 0.25) is 10.0 Å². The summed E-state index contributed by atoms with van der Waals surface area (Å²) in [7, 11) is 0.203. The fourth-order valence-electron chi connectivity index (χ4n) is 3.09. The largest absolute Gasteiger partial charge is 0.305 e. The van der Waals surface area contributed by atoms with E-state index < -0.39 is 10.0 Å². The molecule has 1 aliphatic rings. The summed E-state index contributed by atoms with van der Waals surface area (Å²) in [4.78, 5) is 6.77. The molecule has 0 N–H and O–H groups in total. The van der Waals surface area contributed by atoms with Crippen molar-refractivity contribution in [3.63, 3.8) is 0 Å². The molecule has 2 heterocycles. The Hall–Kier alpha value is -1.50. The van der Waals surface area contributed by atoms with E-state index in [1.807, 2.05) is 19.2 Å². The van der Waals surface area contributed by atoms with Gasteiger partial charge in [-0.2, -0.15) is 4.31 Å². The zero-order valence-electron chi connectivity index (χ0n) is 12.9. The van der Waals surface area contributed by atoms with E-state index in [2.05, 4.69) is 9.88 Å². The number of likely N-dealkylation sites (N-methyl/N-ethyl adjacent to an activating group) is 2. The number of aromatic nitrogens is 1. The first-order valence-corrected chi connectivity index (χ1v) is 8.94. The molecule has 5 nitrogen and oxygen atoms in total. The molecule has 0 spiro atoms. The van der Waals surface area contributed by atoms with Crippen LogP contribution in [0.1, 0.15) is 12.8 Å². The summed E-state index contributed by atoms with van der Waals surface area (Å²) in [5.41, 5.74) is 0.706. The molecule has 1 atom stereocenters. The number of hydrogen-bond acceptors (Lipinski definition) is 4. The van der Waals surface area contributed by atoms with E-state index in [1.165, 1.54) is 4.31 Å². The summed E-state index contributed by atoms with van der Waals surface area (Å²) in [5, 5.41) is 0.681. The van der Waals surface area contributed by atoms with Gasteiger partial charge in [-0.1, -0.05) is 6.07 Å². The number of likely N-dealkylation sites (tertiary alicyclic amines) is 1. The predicted octanol–water partition coefficient (Wildman–Crippen LogP) is 1.95. The van der Waals surface area contributed by atoms with Crippen LogP contribution in [0.5, 0.6) is 0 Å². The summed E-state index contributed by atoms with van der Waals surface area (Å²) < 4.78 is 27.6. The number of hydrogen-bond donors (Lipinski definition) is 0. The Morgan fingerprint density at radius 1 is 1.27 bits per heavy atom. The Labute approximate surface area is 131 Å². The van der Waals surface area contributed by atoms with Gasteiger partial charge < -0.3 is 4.90 Å². The van der Waals surface area contributed by atoms with E-state index in [-0.39, 0.29) is 6.04 Å². The summed E-state index contributed by atoms with van der Waals surface area (Å²) in [6.07, 6.45) is 3.61. The highest BCUT2D eigenvalue weighted by molar-refractivity contribution is 7.89. The molecule has 2 aromatic rings. The molecule has 1 aromatic heterocycles. The third-order valence-electron chi connectivity index (χ3n) is 4.38. The predicted molar refractivity (Wildman–Crippen MR) is 87.2 cm³/mol. The third-order valence-corrected chi connectivity index (χ3v) is 6.34. The second kappa shape index (κ2) is 5.95. The first-order valence-electron chi connectivity index (χ1n) is 7.50. The lowest BCUT2D eigenvalue weighted by atomic mass is 10.1. The molecule has 1 saturated heterocycles. The highest BCUT2D eigenvalue weighted by Crippen LogP contribution is 2.26. The monoisotopic (exact) mass is 319 g/mol. The Kier molecular flexibility index (Phi) is 4.16. The minimum absolute atomic E-state index is 0.0238. The van der Waals surface area contributed by atoms with Crippen molar-refractivity contribution >= 4 is 20.9 Å². The van der Waals surface area contributed by atoms with Crippen LogP contribution in [0, 0.1) is 0 Å². The van der Waals surface area contributed by atoms with E-state index in [0.717, 1.165) is 25.9 Å². The van der Waals surface area contributed by atoms with Crippen molar-refractivity contribution in [3.8, 4) is 0 Å². The third kappa shape index (κ3) is 2.74. The molecule has 0 radical (unpaired) electrons. The molecule has 1 aliphatic heterocycles. The molecule has 0 bridgehead atoms. The molecule has 1 aromatic carbocycles. The smallest absolute Gasteiger partial charge is 0.243 e. The standard InChI is InChI=1S/C16H21N3O2S/c1-18-11-5-6-13(12-18)19(2)22(20,21)16-9-3-8-15-14(16)7-4-10-17-15/h3-4,7-10,13H,5-6,11-12H2,1-2H3/t13-/m1/s1. The van der Waals surface area contributed by atoms with Gasteiger partial charge in [0.25, 0.3) is 0 Å². The van der Waals surface area contributed by atoms with Crippen LogP contribution in [0.15, 0.2) is 41.4 Å². The maximum absolute atomic E-state index is 13.0. The Balaban J connectivity index is 2.01. The van der Waals surface area contributed by atoms with Crippen molar-refractivity contribution in [3.05, 3.63) is 36.5 Å². The Morgan fingerprint density at radius 3 is 2.86 bits per heavy atom. The molecule has 3 rings (SSSR count). The summed E-state index contributed by atoms with van der Waals surface area (Å²) in [5.74, 6) is 0. The number of pyridine rings is 1. The first-order chi connectivity index (χ1) is 10.5. The number of rotatable bonds is 3. The van der Waals surface area contributed by atoms with Gasteiger partial charge in [-0.15, -0.1) is 0 Å². The normalized spacial score (nSPS) is 20.6. The van der Waals surface area contributed by atoms with Gasteiger partial charge in [-0.3, -0.25) is 4.98 Å². The van der Waals surface area contributed by atoms with Crippen LogP contribution in [0.4, 0.5) is 0 Å². The van der Waals surface area contributed by atoms with Crippen molar-refractivity contribution < 1.29 is 8.42 Å². The van der Waals surface area contributed by atoms with Crippen molar-refractivity contribution in [2.45, 2.75) is 23.8 Å². The van der Waals surface area contributed by atoms with Gasteiger partial charge in [-0.05, 0) is 50.7 Å². The highest BCUT2D eigenvalue weighted by atomic mass is 32.2. The van der Waals surface area contributed by atoms with Crippen LogP contribution >= 0.6 is 0 Å². The lowest BCUT2D eigenvalue weighted by Gasteiger charge is -2.35. The van der Waals surface area contributed by atoms with Crippen LogP contribution in [0.25, 0.3) is 10.9 Å². The van der Waals surface area contributed by atoms with E-state index in [1.54, 1.807) is 31.4 Å². The average Bonchev–Trinajstić information content (AvgIpc) is 2.53. The minimum Gasteiger partial charge on any atom is -0.305 e. The molecule has 118 valence electrons. The number of piperidine rings is 1. The summed E-state index contributed by atoms with van der Waals surface area (Å²) in [6.45, 7) is 1.81. The maximum atomic E-state index is 13.0. The molecule has 6 heteroatoms. The first kappa shape index (κ1) is 15.4. The number of benzene rings is 1. The number of fused-ring (bicyclic) bond motifs is 1.